The van der Waals surface area contributed by atoms with Gasteiger partial charge in [-0.1, -0.05) is 17.7 Å². The summed E-state index contributed by atoms with van der Waals surface area (Å²) in [7, 11) is 1.95. The maximum atomic E-state index is 9.29. The predicted molar refractivity (Wildman–Crippen MR) is 92.6 cm³/mol. The molecule has 2 aromatic heterocycles. The lowest BCUT2D eigenvalue weighted by molar-refractivity contribution is 0.257. The summed E-state index contributed by atoms with van der Waals surface area (Å²) in [4.78, 5) is 2.37. The number of aryl methyl sites for hydroxylation is 2. The third-order valence-corrected chi connectivity index (χ3v) is 4.89. The number of hydrogen-bond donors (Lipinski definition) is 1. The van der Waals surface area contributed by atoms with Gasteiger partial charge >= 0.3 is 0 Å². The minimum Gasteiger partial charge on any atom is -0.390 e. The Kier molecular flexibility index (Phi) is 4.04. The molecule has 1 N–H and O–H groups in total. The van der Waals surface area contributed by atoms with Crippen LogP contribution in [-0.2, 0) is 33.3 Å². The van der Waals surface area contributed by atoms with Gasteiger partial charge in [-0.3, -0.25) is 14.3 Å². The Labute approximate surface area is 145 Å². The largest absolute Gasteiger partial charge is 0.390 e. The first-order chi connectivity index (χ1) is 11.7. The molecule has 1 aromatic carbocycles. The average molecular weight is 346 g/mol. The second-order valence-corrected chi connectivity index (χ2v) is 6.68. The average Bonchev–Trinajstić information content (AvgIpc) is 3.04. The lowest BCUT2D eigenvalue weighted by Crippen LogP contribution is -2.23. The maximum absolute atomic E-state index is 9.29. The van der Waals surface area contributed by atoms with Crippen molar-refractivity contribution in [3.05, 3.63) is 46.4 Å². The number of nitrogens with zero attached hydrogens (tertiary/aromatic N) is 5. The number of aromatic nitrogens is 4. The Morgan fingerprint density at radius 2 is 2.12 bits per heavy atom. The monoisotopic (exact) mass is 345 g/mol. The fraction of sp³-hybridized carbons (Fsp3) is 0.412. The molecule has 6 nitrogen and oxygen atoms in total. The summed E-state index contributed by atoms with van der Waals surface area (Å²) in [5.41, 5.74) is 3.94. The van der Waals surface area contributed by atoms with E-state index in [9.17, 15) is 5.11 Å². The lowest BCUT2D eigenvalue weighted by atomic mass is 10.2. The van der Waals surface area contributed by atoms with Gasteiger partial charge in [0.1, 0.15) is 0 Å². The van der Waals surface area contributed by atoms with E-state index < -0.39 is 0 Å². The van der Waals surface area contributed by atoms with Crippen molar-refractivity contribution in [1.29, 1.82) is 0 Å². The number of halogens is 1. The van der Waals surface area contributed by atoms with E-state index in [1.807, 2.05) is 40.7 Å². The van der Waals surface area contributed by atoms with Crippen molar-refractivity contribution in [1.82, 2.24) is 24.5 Å². The highest BCUT2D eigenvalue weighted by Gasteiger charge is 2.20. The van der Waals surface area contributed by atoms with E-state index in [0.29, 0.717) is 0 Å². The van der Waals surface area contributed by atoms with Gasteiger partial charge in [0.25, 0.3) is 0 Å². The van der Waals surface area contributed by atoms with E-state index in [4.69, 9.17) is 11.6 Å². The summed E-state index contributed by atoms with van der Waals surface area (Å²) in [5, 5.41) is 20.2. The molecular formula is C17H20ClN5O. The smallest absolute Gasteiger partial charge is 0.0882 e. The fourth-order valence-electron chi connectivity index (χ4n) is 3.48. The van der Waals surface area contributed by atoms with Crippen LogP contribution in [0.5, 0.6) is 0 Å². The molecule has 126 valence electrons. The zero-order valence-electron chi connectivity index (χ0n) is 13.6. The maximum Gasteiger partial charge on any atom is 0.0882 e. The van der Waals surface area contributed by atoms with Crippen LogP contribution in [0.15, 0.2) is 24.3 Å². The van der Waals surface area contributed by atoms with Gasteiger partial charge in [0.15, 0.2) is 0 Å². The van der Waals surface area contributed by atoms with Crippen molar-refractivity contribution >= 4 is 22.5 Å². The Morgan fingerprint density at radius 1 is 1.25 bits per heavy atom. The highest BCUT2D eigenvalue weighted by molar-refractivity contribution is 6.35. The summed E-state index contributed by atoms with van der Waals surface area (Å²) in [6, 6.07) is 7.90. The number of benzene rings is 1. The van der Waals surface area contributed by atoms with E-state index in [-0.39, 0.29) is 6.61 Å². The van der Waals surface area contributed by atoms with Crippen LogP contribution >= 0.6 is 11.6 Å². The Balaban J connectivity index is 1.64. The Bertz CT molecular complexity index is 885. The number of aliphatic hydroxyl groups excluding tert-OH is 1. The first-order valence-corrected chi connectivity index (χ1v) is 8.52. The molecule has 4 rings (SSSR count). The van der Waals surface area contributed by atoms with E-state index in [2.05, 4.69) is 15.1 Å². The summed E-state index contributed by atoms with van der Waals surface area (Å²) in [5.74, 6) is 0. The van der Waals surface area contributed by atoms with E-state index in [1.165, 1.54) is 0 Å². The quantitative estimate of drug-likeness (QED) is 0.791. The molecule has 0 amide bonds. The molecular weight excluding hydrogens is 326 g/mol. The van der Waals surface area contributed by atoms with Crippen LogP contribution in [0.25, 0.3) is 10.9 Å². The highest BCUT2D eigenvalue weighted by Crippen LogP contribution is 2.28. The van der Waals surface area contributed by atoms with Crippen molar-refractivity contribution in [2.75, 3.05) is 6.54 Å². The Hall–Kier alpha value is -1.89. The second-order valence-electron chi connectivity index (χ2n) is 6.28. The minimum absolute atomic E-state index is 0.0134. The molecule has 0 radical (unpaired) electrons. The van der Waals surface area contributed by atoms with Crippen LogP contribution in [0.2, 0.25) is 5.02 Å². The van der Waals surface area contributed by atoms with Crippen LogP contribution in [0, 0.1) is 0 Å². The predicted octanol–water partition coefficient (Wildman–Crippen LogP) is 2.32. The molecule has 0 spiro atoms. The van der Waals surface area contributed by atoms with Crippen molar-refractivity contribution in [2.24, 2.45) is 7.05 Å². The van der Waals surface area contributed by atoms with Crippen LogP contribution < -0.4 is 0 Å². The number of hydrogen-bond acceptors (Lipinski definition) is 4. The lowest BCUT2D eigenvalue weighted by Gasteiger charge is -2.18. The SMILES string of the molecule is Cn1nc(CN2CCCn3nc(CO)cc3C2)c2c(Cl)cccc21. The zero-order chi connectivity index (χ0) is 16.7. The first kappa shape index (κ1) is 15.6. The second kappa shape index (κ2) is 6.20. The van der Waals surface area contributed by atoms with Crippen molar-refractivity contribution in [2.45, 2.75) is 32.7 Å². The summed E-state index contributed by atoms with van der Waals surface area (Å²) < 4.78 is 3.90. The van der Waals surface area contributed by atoms with Gasteiger partial charge < -0.3 is 5.11 Å². The zero-order valence-corrected chi connectivity index (χ0v) is 14.4. The molecule has 0 atom stereocenters. The number of aliphatic hydroxyl groups is 1. The molecule has 3 aromatic rings. The van der Waals surface area contributed by atoms with Gasteiger partial charge in [0, 0.05) is 38.6 Å². The van der Waals surface area contributed by atoms with Gasteiger partial charge in [0.2, 0.25) is 0 Å². The molecule has 0 aliphatic carbocycles. The molecule has 0 bridgehead atoms. The summed E-state index contributed by atoms with van der Waals surface area (Å²) >= 11 is 6.41. The van der Waals surface area contributed by atoms with Gasteiger partial charge in [0.05, 0.1) is 34.2 Å². The number of fused-ring (bicyclic) bond motifs is 2. The van der Waals surface area contributed by atoms with Crippen molar-refractivity contribution in [3.63, 3.8) is 0 Å². The molecule has 24 heavy (non-hydrogen) atoms. The summed E-state index contributed by atoms with van der Waals surface area (Å²) in [6.45, 7) is 3.41. The molecule has 3 heterocycles. The Morgan fingerprint density at radius 3 is 2.96 bits per heavy atom. The fourth-order valence-corrected chi connectivity index (χ4v) is 3.75. The summed E-state index contributed by atoms with van der Waals surface area (Å²) in [6.07, 6.45) is 1.03. The molecule has 0 saturated heterocycles. The van der Waals surface area contributed by atoms with Crippen LogP contribution in [0.3, 0.4) is 0 Å². The third kappa shape index (κ3) is 2.70. The van der Waals surface area contributed by atoms with Crippen molar-refractivity contribution < 1.29 is 5.11 Å². The minimum atomic E-state index is -0.0134. The van der Waals surface area contributed by atoms with Crippen molar-refractivity contribution in [3.8, 4) is 0 Å². The first-order valence-electron chi connectivity index (χ1n) is 8.14. The molecule has 1 aliphatic heterocycles. The van der Waals surface area contributed by atoms with Gasteiger partial charge in [-0.15, -0.1) is 0 Å². The van der Waals surface area contributed by atoms with Crippen LogP contribution in [0.1, 0.15) is 23.5 Å². The van der Waals surface area contributed by atoms with Gasteiger partial charge in [-0.25, -0.2) is 0 Å². The van der Waals surface area contributed by atoms with E-state index in [1.54, 1.807) is 0 Å². The molecule has 1 aliphatic rings. The molecule has 0 unspecified atom stereocenters. The third-order valence-electron chi connectivity index (χ3n) is 4.58. The van der Waals surface area contributed by atoms with E-state index in [0.717, 1.165) is 65.6 Å². The van der Waals surface area contributed by atoms with Crippen LogP contribution in [-0.4, -0.2) is 36.1 Å². The molecule has 7 heteroatoms. The van der Waals surface area contributed by atoms with E-state index >= 15 is 0 Å². The van der Waals surface area contributed by atoms with Gasteiger partial charge in [-0.2, -0.15) is 10.2 Å². The standard InChI is InChI=1S/C17H20ClN5O/c1-21-16-5-2-4-14(18)17(16)15(20-21)10-22-6-3-7-23-13(9-22)8-12(11-24)19-23/h2,4-5,8,24H,3,6-7,9-11H2,1H3. The topological polar surface area (TPSA) is 59.1 Å². The normalized spacial score (nSPS) is 15.6. The number of rotatable bonds is 3. The van der Waals surface area contributed by atoms with Gasteiger partial charge in [-0.05, 0) is 24.6 Å². The molecule has 0 fully saturated rings. The van der Waals surface area contributed by atoms with Crippen LogP contribution in [0.4, 0.5) is 0 Å². The highest BCUT2D eigenvalue weighted by atomic mass is 35.5. The molecule has 0 saturated carbocycles.